The van der Waals surface area contributed by atoms with E-state index in [1.54, 1.807) is 36.4 Å². The predicted octanol–water partition coefficient (Wildman–Crippen LogP) is 2.82. The summed E-state index contributed by atoms with van der Waals surface area (Å²) < 4.78 is 0. The highest BCUT2D eigenvalue weighted by atomic mass is 32.1. The summed E-state index contributed by atoms with van der Waals surface area (Å²) in [5, 5.41) is 15.0. The van der Waals surface area contributed by atoms with E-state index in [-0.39, 0.29) is 11.5 Å². The van der Waals surface area contributed by atoms with E-state index < -0.39 is 17.9 Å². The van der Waals surface area contributed by atoms with E-state index in [1.807, 2.05) is 6.92 Å². The van der Waals surface area contributed by atoms with Crippen molar-refractivity contribution in [3.8, 4) is 0 Å². The van der Waals surface area contributed by atoms with Crippen LogP contribution in [-0.2, 0) is 16.0 Å². The molecule has 7 heteroatoms. The number of aryl methyl sites for hydroxylation is 1. The van der Waals surface area contributed by atoms with Crippen molar-refractivity contribution >= 4 is 34.1 Å². The molecule has 1 heterocycles. The van der Waals surface area contributed by atoms with Crippen LogP contribution in [0.5, 0.6) is 0 Å². The summed E-state index contributed by atoms with van der Waals surface area (Å²) in [6.07, 6.45) is 0.714. The number of carboxylic acids is 1. The number of anilines is 1. The minimum Gasteiger partial charge on any atom is -0.479 e. The van der Waals surface area contributed by atoms with Gasteiger partial charge in [-0.2, -0.15) is 0 Å². The van der Waals surface area contributed by atoms with Gasteiger partial charge in [-0.1, -0.05) is 37.3 Å². The monoisotopic (exact) mass is 346 g/mol. The highest BCUT2D eigenvalue weighted by Gasteiger charge is 2.25. The van der Waals surface area contributed by atoms with Crippen LogP contribution in [0.25, 0.3) is 0 Å². The van der Waals surface area contributed by atoms with Crippen molar-refractivity contribution in [2.24, 2.45) is 0 Å². The molecular formula is C17H18N2O4S. The number of carbonyl (C=O) groups is 3. The van der Waals surface area contributed by atoms with Gasteiger partial charge in [-0.05, 0) is 18.1 Å². The van der Waals surface area contributed by atoms with E-state index in [4.69, 9.17) is 0 Å². The van der Waals surface area contributed by atoms with Crippen LogP contribution in [-0.4, -0.2) is 22.9 Å². The first-order valence-electron chi connectivity index (χ1n) is 7.41. The van der Waals surface area contributed by atoms with E-state index in [9.17, 15) is 19.5 Å². The third-order valence-corrected chi connectivity index (χ3v) is 4.52. The number of carboxylic acid groups (broad SMARTS) is 1. The zero-order chi connectivity index (χ0) is 17.7. The van der Waals surface area contributed by atoms with Gasteiger partial charge in [0.1, 0.15) is 5.00 Å². The minimum absolute atomic E-state index is 0.272. The number of hydrogen-bond acceptors (Lipinski definition) is 4. The van der Waals surface area contributed by atoms with Gasteiger partial charge in [0.05, 0.1) is 5.56 Å². The van der Waals surface area contributed by atoms with E-state index in [0.717, 1.165) is 4.88 Å². The van der Waals surface area contributed by atoms with E-state index in [1.165, 1.54) is 18.3 Å². The lowest BCUT2D eigenvalue weighted by molar-refractivity contribution is -0.139. The average Bonchev–Trinajstić information content (AvgIpc) is 2.95. The second kappa shape index (κ2) is 7.74. The molecule has 1 aromatic heterocycles. The fourth-order valence-electron chi connectivity index (χ4n) is 2.18. The fraction of sp³-hybridized carbons (Fsp3) is 0.235. The van der Waals surface area contributed by atoms with Gasteiger partial charge in [-0.3, -0.25) is 9.59 Å². The van der Waals surface area contributed by atoms with Crippen molar-refractivity contribution < 1.29 is 19.5 Å². The van der Waals surface area contributed by atoms with Crippen LogP contribution in [0.1, 0.15) is 40.7 Å². The molecule has 2 amide bonds. The quantitative estimate of drug-likeness (QED) is 0.749. The molecule has 24 heavy (non-hydrogen) atoms. The molecule has 0 spiro atoms. The number of hydrogen-bond donors (Lipinski definition) is 3. The first kappa shape index (κ1) is 17.7. The zero-order valence-corrected chi connectivity index (χ0v) is 14.1. The maximum Gasteiger partial charge on any atom is 0.330 e. The van der Waals surface area contributed by atoms with Gasteiger partial charge in [0.15, 0.2) is 6.04 Å². The molecule has 126 valence electrons. The third kappa shape index (κ3) is 4.20. The van der Waals surface area contributed by atoms with Gasteiger partial charge in [0.25, 0.3) is 5.91 Å². The van der Waals surface area contributed by atoms with Crippen LogP contribution in [0.4, 0.5) is 5.00 Å². The van der Waals surface area contributed by atoms with Crippen LogP contribution >= 0.6 is 11.3 Å². The topological polar surface area (TPSA) is 95.5 Å². The maximum atomic E-state index is 12.5. The second-order valence-electron chi connectivity index (χ2n) is 5.15. The summed E-state index contributed by atoms with van der Waals surface area (Å²) in [4.78, 5) is 36.3. The molecule has 0 saturated carbocycles. The van der Waals surface area contributed by atoms with Crippen LogP contribution in [0.3, 0.4) is 0 Å². The standard InChI is InChI=1S/C17H18N2O4S/c1-3-12-9-13(16(24-12)18-10(2)20)15(21)19-14(17(22)23)11-7-5-4-6-8-11/h4-9,14H,3H2,1-2H3,(H,18,20)(H,19,21)(H,22,23). The summed E-state index contributed by atoms with van der Waals surface area (Å²) in [5.41, 5.74) is 0.750. The van der Waals surface area contributed by atoms with Crippen molar-refractivity contribution in [2.45, 2.75) is 26.3 Å². The lowest BCUT2D eigenvalue weighted by Crippen LogP contribution is -2.34. The summed E-state index contributed by atoms with van der Waals surface area (Å²) in [7, 11) is 0. The highest BCUT2D eigenvalue weighted by molar-refractivity contribution is 7.16. The summed E-state index contributed by atoms with van der Waals surface area (Å²) in [6.45, 7) is 3.30. The molecule has 2 aromatic rings. The Morgan fingerprint density at radius 3 is 2.42 bits per heavy atom. The number of amides is 2. The predicted molar refractivity (Wildman–Crippen MR) is 92.3 cm³/mol. The Bertz CT molecular complexity index is 755. The zero-order valence-electron chi connectivity index (χ0n) is 13.3. The van der Waals surface area contributed by atoms with Crippen molar-refractivity contribution in [1.82, 2.24) is 5.32 Å². The van der Waals surface area contributed by atoms with E-state index in [2.05, 4.69) is 10.6 Å². The first-order valence-corrected chi connectivity index (χ1v) is 8.23. The number of benzene rings is 1. The molecule has 1 atom stereocenters. The molecule has 0 fully saturated rings. The van der Waals surface area contributed by atoms with Gasteiger partial charge >= 0.3 is 5.97 Å². The number of nitrogens with one attached hydrogen (secondary N) is 2. The Hall–Kier alpha value is -2.67. The van der Waals surface area contributed by atoms with Crippen molar-refractivity contribution in [3.05, 3.63) is 52.4 Å². The van der Waals surface area contributed by atoms with Gasteiger partial charge in [-0.25, -0.2) is 4.79 Å². The second-order valence-corrected chi connectivity index (χ2v) is 6.28. The molecule has 0 aliphatic heterocycles. The molecule has 0 radical (unpaired) electrons. The fourth-order valence-corrected chi connectivity index (χ4v) is 3.22. The Labute approximate surface area is 143 Å². The van der Waals surface area contributed by atoms with Gasteiger partial charge < -0.3 is 15.7 Å². The number of thiophene rings is 1. The third-order valence-electron chi connectivity index (χ3n) is 3.32. The lowest BCUT2D eigenvalue weighted by Gasteiger charge is -2.15. The van der Waals surface area contributed by atoms with Crippen LogP contribution in [0.15, 0.2) is 36.4 Å². The smallest absolute Gasteiger partial charge is 0.330 e. The SMILES string of the molecule is CCc1cc(C(=O)NC(C(=O)O)c2ccccc2)c(NC(C)=O)s1. The number of rotatable bonds is 6. The van der Waals surface area contributed by atoms with E-state index in [0.29, 0.717) is 17.0 Å². The molecule has 0 saturated heterocycles. The Morgan fingerprint density at radius 2 is 1.88 bits per heavy atom. The first-order chi connectivity index (χ1) is 11.4. The molecule has 1 unspecified atom stereocenters. The van der Waals surface area contributed by atoms with Crippen molar-refractivity contribution in [2.75, 3.05) is 5.32 Å². The Kier molecular flexibility index (Phi) is 5.70. The van der Waals surface area contributed by atoms with Crippen molar-refractivity contribution in [3.63, 3.8) is 0 Å². The van der Waals surface area contributed by atoms with E-state index >= 15 is 0 Å². The molecular weight excluding hydrogens is 328 g/mol. The molecule has 0 aliphatic rings. The molecule has 6 nitrogen and oxygen atoms in total. The highest BCUT2D eigenvalue weighted by Crippen LogP contribution is 2.29. The molecule has 2 rings (SSSR count). The summed E-state index contributed by atoms with van der Waals surface area (Å²) in [5.74, 6) is -1.97. The molecule has 0 aliphatic carbocycles. The molecule has 3 N–H and O–H groups in total. The summed E-state index contributed by atoms with van der Waals surface area (Å²) in [6, 6.07) is 8.98. The van der Waals surface area contributed by atoms with Gasteiger partial charge in [0, 0.05) is 11.8 Å². The number of carbonyl (C=O) groups excluding carboxylic acids is 2. The molecule has 0 bridgehead atoms. The molecule has 1 aromatic carbocycles. The van der Waals surface area contributed by atoms with Crippen molar-refractivity contribution in [1.29, 1.82) is 0 Å². The summed E-state index contributed by atoms with van der Waals surface area (Å²) >= 11 is 1.31. The lowest BCUT2D eigenvalue weighted by atomic mass is 10.1. The maximum absolute atomic E-state index is 12.5. The van der Waals surface area contributed by atoms with Gasteiger partial charge in [0.2, 0.25) is 5.91 Å². The number of aliphatic carboxylic acids is 1. The van der Waals surface area contributed by atoms with Crippen LogP contribution in [0.2, 0.25) is 0 Å². The van der Waals surface area contributed by atoms with Gasteiger partial charge in [-0.15, -0.1) is 11.3 Å². The van der Waals surface area contributed by atoms with Crippen LogP contribution in [0, 0.1) is 0 Å². The normalized spacial score (nSPS) is 11.6. The largest absolute Gasteiger partial charge is 0.479 e. The van der Waals surface area contributed by atoms with Crippen LogP contribution < -0.4 is 10.6 Å². The Balaban J connectivity index is 2.29. The Morgan fingerprint density at radius 1 is 1.21 bits per heavy atom. The average molecular weight is 346 g/mol. The minimum atomic E-state index is -1.16.